The van der Waals surface area contributed by atoms with E-state index in [-0.39, 0.29) is 5.41 Å². The number of aromatic nitrogens is 2. The summed E-state index contributed by atoms with van der Waals surface area (Å²) in [6.45, 7) is 8.82. The molecule has 2 aromatic heterocycles. The van der Waals surface area contributed by atoms with E-state index < -0.39 is 0 Å². The molecule has 2 heterocycles. The van der Waals surface area contributed by atoms with E-state index in [1.54, 1.807) is 0 Å². The Morgan fingerprint density at radius 2 is 1.36 bits per heavy atom. The van der Waals surface area contributed by atoms with E-state index in [1.807, 2.05) is 18.6 Å². The summed E-state index contributed by atoms with van der Waals surface area (Å²) in [6, 6.07) is 28.3. The number of fused-ring (bicyclic) bond motifs is 1. The van der Waals surface area contributed by atoms with Crippen molar-refractivity contribution in [3.63, 3.8) is 0 Å². The van der Waals surface area contributed by atoms with Crippen LogP contribution >= 0.6 is 0 Å². The lowest BCUT2D eigenvalue weighted by molar-refractivity contribution is 0.589. The standard InChI is InChI=1S/C31H28N2/c1-21-8-10-22(11-9-21)26-12-13-27(28-15-16-32-20-29(26)28)23-6-5-7-24(18-23)30-19-25(14-17-33-30)31(2,3)4/h5-20H,1-4H3. The summed E-state index contributed by atoms with van der Waals surface area (Å²) in [7, 11) is 0. The van der Waals surface area contributed by atoms with Crippen molar-refractivity contribution in [1.82, 2.24) is 9.97 Å². The fourth-order valence-corrected chi connectivity index (χ4v) is 4.33. The van der Waals surface area contributed by atoms with Crippen LogP contribution in [0.15, 0.2) is 97.5 Å². The van der Waals surface area contributed by atoms with Gasteiger partial charge < -0.3 is 0 Å². The van der Waals surface area contributed by atoms with Crippen molar-refractivity contribution >= 4 is 10.8 Å². The van der Waals surface area contributed by atoms with Crippen LogP contribution < -0.4 is 0 Å². The Morgan fingerprint density at radius 3 is 2.12 bits per heavy atom. The highest BCUT2D eigenvalue weighted by Gasteiger charge is 2.15. The maximum Gasteiger partial charge on any atom is 0.0705 e. The number of aryl methyl sites for hydroxylation is 1. The van der Waals surface area contributed by atoms with Gasteiger partial charge >= 0.3 is 0 Å². The molecule has 0 aliphatic carbocycles. The molecule has 2 nitrogen and oxygen atoms in total. The SMILES string of the molecule is Cc1ccc(-c2ccc(-c3cccc(-c4cc(C(C)(C)C)ccn4)c3)c3ccncc23)cc1. The Bertz CT molecular complexity index is 1440. The maximum absolute atomic E-state index is 4.67. The number of nitrogens with zero attached hydrogens (tertiary/aromatic N) is 2. The molecule has 0 aliphatic rings. The minimum Gasteiger partial charge on any atom is -0.264 e. The smallest absolute Gasteiger partial charge is 0.0705 e. The third-order valence-electron chi connectivity index (χ3n) is 6.28. The van der Waals surface area contributed by atoms with Crippen LogP contribution in [0.5, 0.6) is 0 Å². The lowest BCUT2D eigenvalue weighted by Gasteiger charge is -2.19. The van der Waals surface area contributed by atoms with Crippen LogP contribution in [-0.2, 0) is 5.41 Å². The Balaban J connectivity index is 1.63. The Kier molecular flexibility index (Phi) is 5.30. The van der Waals surface area contributed by atoms with Gasteiger partial charge in [0.25, 0.3) is 0 Å². The lowest BCUT2D eigenvalue weighted by atomic mass is 9.86. The Labute approximate surface area is 196 Å². The molecule has 0 radical (unpaired) electrons. The van der Waals surface area contributed by atoms with Crippen LogP contribution in [0.25, 0.3) is 44.3 Å². The number of rotatable bonds is 3. The van der Waals surface area contributed by atoms with Crippen molar-refractivity contribution in [3.05, 3.63) is 109 Å². The molecule has 5 aromatic rings. The average molecular weight is 429 g/mol. The zero-order valence-electron chi connectivity index (χ0n) is 19.6. The van der Waals surface area contributed by atoms with Crippen LogP contribution in [0, 0.1) is 6.92 Å². The highest BCUT2D eigenvalue weighted by Crippen LogP contribution is 2.36. The van der Waals surface area contributed by atoms with Crippen molar-refractivity contribution in [2.75, 3.05) is 0 Å². The first-order valence-electron chi connectivity index (χ1n) is 11.4. The van der Waals surface area contributed by atoms with E-state index in [2.05, 4.69) is 117 Å². The second kappa shape index (κ2) is 8.29. The highest BCUT2D eigenvalue weighted by atomic mass is 14.7. The van der Waals surface area contributed by atoms with Gasteiger partial charge in [-0.1, -0.05) is 80.9 Å². The van der Waals surface area contributed by atoms with Crippen LogP contribution in [0.4, 0.5) is 0 Å². The maximum atomic E-state index is 4.67. The van der Waals surface area contributed by atoms with Gasteiger partial charge in [-0.05, 0) is 69.8 Å². The molecule has 162 valence electrons. The van der Waals surface area contributed by atoms with Gasteiger partial charge in [-0.25, -0.2) is 0 Å². The molecular formula is C31H28N2. The molecule has 0 spiro atoms. The van der Waals surface area contributed by atoms with Crippen LogP contribution in [0.2, 0.25) is 0 Å². The molecule has 33 heavy (non-hydrogen) atoms. The third kappa shape index (κ3) is 4.17. The summed E-state index contributed by atoms with van der Waals surface area (Å²) >= 11 is 0. The molecule has 0 bridgehead atoms. The molecule has 0 atom stereocenters. The quantitative estimate of drug-likeness (QED) is 0.289. The van der Waals surface area contributed by atoms with Crippen LogP contribution in [0.1, 0.15) is 31.9 Å². The first-order chi connectivity index (χ1) is 15.9. The monoisotopic (exact) mass is 428 g/mol. The highest BCUT2D eigenvalue weighted by molar-refractivity contribution is 6.04. The van der Waals surface area contributed by atoms with Gasteiger partial charge in [0.05, 0.1) is 5.69 Å². The molecule has 0 saturated heterocycles. The summed E-state index contributed by atoms with van der Waals surface area (Å²) in [4.78, 5) is 9.11. The number of hydrogen-bond donors (Lipinski definition) is 0. The summed E-state index contributed by atoms with van der Waals surface area (Å²) < 4.78 is 0. The van der Waals surface area contributed by atoms with Gasteiger partial charge in [0.2, 0.25) is 0 Å². The van der Waals surface area contributed by atoms with E-state index in [9.17, 15) is 0 Å². The van der Waals surface area contributed by atoms with Crippen molar-refractivity contribution in [1.29, 1.82) is 0 Å². The second-order valence-corrected chi connectivity index (χ2v) is 9.71. The zero-order chi connectivity index (χ0) is 23.0. The van der Waals surface area contributed by atoms with Gasteiger partial charge in [-0.3, -0.25) is 9.97 Å². The number of pyridine rings is 2. The minimum atomic E-state index is 0.0876. The molecule has 2 heteroatoms. The second-order valence-electron chi connectivity index (χ2n) is 9.71. The van der Waals surface area contributed by atoms with E-state index in [4.69, 9.17) is 0 Å². The van der Waals surface area contributed by atoms with E-state index >= 15 is 0 Å². The normalized spacial score (nSPS) is 11.6. The molecule has 3 aromatic carbocycles. The molecule has 0 amide bonds. The van der Waals surface area contributed by atoms with Crippen molar-refractivity contribution < 1.29 is 0 Å². The van der Waals surface area contributed by atoms with E-state index in [1.165, 1.54) is 38.8 Å². The predicted octanol–water partition coefficient (Wildman–Crippen LogP) is 8.24. The Hall–Kier alpha value is -3.78. The summed E-state index contributed by atoms with van der Waals surface area (Å²) in [5.74, 6) is 0. The topological polar surface area (TPSA) is 25.8 Å². The third-order valence-corrected chi connectivity index (χ3v) is 6.28. The first-order valence-corrected chi connectivity index (χ1v) is 11.4. The molecular weight excluding hydrogens is 400 g/mol. The van der Waals surface area contributed by atoms with Crippen LogP contribution in [-0.4, -0.2) is 9.97 Å². The first kappa shape index (κ1) is 21.1. The molecule has 0 saturated carbocycles. The fourth-order valence-electron chi connectivity index (χ4n) is 4.33. The molecule has 0 fully saturated rings. The van der Waals surface area contributed by atoms with Gasteiger partial charge in [-0.15, -0.1) is 0 Å². The lowest BCUT2D eigenvalue weighted by Crippen LogP contribution is -2.11. The van der Waals surface area contributed by atoms with Gasteiger partial charge in [0, 0.05) is 29.5 Å². The van der Waals surface area contributed by atoms with Crippen molar-refractivity contribution in [2.24, 2.45) is 0 Å². The number of benzene rings is 3. The molecule has 5 rings (SSSR count). The molecule has 0 N–H and O–H groups in total. The van der Waals surface area contributed by atoms with E-state index in [0.717, 1.165) is 16.6 Å². The average Bonchev–Trinajstić information content (AvgIpc) is 2.84. The van der Waals surface area contributed by atoms with Crippen molar-refractivity contribution in [3.8, 4) is 33.5 Å². The minimum absolute atomic E-state index is 0.0876. The molecule has 0 unspecified atom stereocenters. The van der Waals surface area contributed by atoms with Crippen LogP contribution in [0.3, 0.4) is 0 Å². The molecule has 0 aliphatic heterocycles. The van der Waals surface area contributed by atoms with Gasteiger partial charge in [0.1, 0.15) is 0 Å². The van der Waals surface area contributed by atoms with Gasteiger partial charge in [-0.2, -0.15) is 0 Å². The fraction of sp³-hybridized carbons (Fsp3) is 0.161. The Morgan fingerprint density at radius 1 is 0.636 bits per heavy atom. The number of hydrogen-bond acceptors (Lipinski definition) is 2. The zero-order valence-corrected chi connectivity index (χ0v) is 19.6. The summed E-state index contributed by atoms with van der Waals surface area (Å²) in [6.07, 6.45) is 5.77. The van der Waals surface area contributed by atoms with Crippen molar-refractivity contribution in [2.45, 2.75) is 33.1 Å². The summed E-state index contributed by atoms with van der Waals surface area (Å²) in [5, 5.41) is 2.37. The van der Waals surface area contributed by atoms with E-state index in [0.29, 0.717) is 0 Å². The largest absolute Gasteiger partial charge is 0.264 e. The summed E-state index contributed by atoms with van der Waals surface area (Å²) in [5.41, 5.74) is 9.58. The van der Waals surface area contributed by atoms with Gasteiger partial charge in [0.15, 0.2) is 0 Å². The predicted molar refractivity (Wildman–Crippen MR) is 139 cm³/mol.